The molecule has 1 N–H and O–H groups in total. The summed E-state index contributed by atoms with van der Waals surface area (Å²) in [6.07, 6.45) is 8.45. The molecular formula is C26H31N3O2. The Labute approximate surface area is 185 Å². The van der Waals surface area contributed by atoms with E-state index in [1.165, 1.54) is 0 Å². The van der Waals surface area contributed by atoms with Crippen molar-refractivity contribution in [2.24, 2.45) is 0 Å². The van der Waals surface area contributed by atoms with Crippen LogP contribution in [0.5, 0.6) is 0 Å². The van der Waals surface area contributed by atoms with Gasteiger partial charge in [-0.25, -0.2) is 4.79 Å². The first-order valence-electron chi connectivity index (χ1n) is 10.3. The molecule has 0 atom stereocenters. The molecule has 0 saturated carbocycles. The maximum absolute atomic E-state index is 12.2. The van der Waals surface area contributed by atoms with Crippen molar-refractivity contribution in [3.63, 3.8) is 0 Å². The Balaban J connectivity index is 2.23. The molecule has 162 valence electrons. The lowest BCUT2D eigenvalue weighted by Crippen LogP contribution is -2.24. The van der Waals surface area contributed by atoms with Crippen LogP contribution in [0.15, 0.2) is 72.3 Å². The van der Waals surface area contributed by atoms with Crippen LogP contribution < -0.4 is 9.80 Å². The quantitative estimate of drug-likeness (QED) is 0.756. The number of aromatic carboxylic acids is 1. The van der Waals surface area contributed by atoms with Crippen LogP contribution in [-0.4, -0.2) is 64.3 Å². The number of benzene rings is 2. The maximum Gasteiger partial charge on any atom is 0.336 e. The summed E-state index contributed by atoms with van der Waals surface area (Å²) in [5, 5.41) is 10.0. The second-order valence-corrected chi connectivity index (χ2v) is 8.37. The van der Waals surface area contributed by atoms with E-state index in [4.69, 9.17) is 0 Å². The van der Waals surface area contributed by atoms with Gasteiger partial charge in [-0.2, -0.15) is 0 Å². The van der Waals surface area contributed by atoms with Crippen molar-refractivity contribution in [3.8, 4) is 0 Å². The Morgan fingerprint density at radius 1 is 0.774 bits per heavy atom. The minimum atomic E-state index is -0.934. The number of hydrogen-bond acceptors (Lipinski definition) is 4. The first-order chi connectivity index (χ1) is 14.7. The first-order valence-corrected chi connectivity index (χ1v) is 10.3. The van der Waals surface area contributed by atoms with Gasteiger partial charge in [0.25, 0.3) is 0 Å². The number of carboxylic acids is 1. The molecule has 3 rings (SSSR count). The van der Waals surface area contributed by atoms with Gasteiger partial charge in [0.15, 0.2) is 0 Å². The number of hydrogen-bond donors (Lipinski definition) is 1. The fourth-order valence-electron chi connectivity index (χ4n) is 3.64. The topological polar surface area (TPSA) is 47.0 Å². The largest absolute Gasteiger partial charge is 0.478 e. The Morgan fingerprint density at radius 3 is 1.81 bits per heavy atom. The van der Waals surface area contributed by atoms with Gasteiger partial charge < -0.3 is 14.9 Å². The van der Waals surface area contributed by atoms with Crippen molar-refractivity contribution in [2.45, 2.75) is 6.04 Å². The van der Waals surface area contributed by atoms with Crippen LogP contribution in [-0.2, 0) is 0 Å². The van der Waals surface area contributed by atoms with Crippen molar-refractivity contribution >= 4 is 22.9 Å². The van der Waals surface area contributed by atoms with Gasteiger partial charge in [-0.05, 0) is 60.6 Å². The van der Waals surface area contributed by atoms with Crippen molar-refractivity contribution in [1.29, 1.82) is 0 Å². The van der Waals surface area contributed by atoms with Crippen LogP contribution in [0.4, 0.5) is 11.4 Å². The van der Waals surface area contributed by atoms with Crippen molar-refractivity contribution < 1.29 is 9.90 Å². The van der Waals surface area contributed by atoms with Gasteiger partial charge in [0.2, 0.25) is 0 Å². The van der Waals surface area contributed by atoms with Gasteiger partial charge in [-0.3, -0.25) is 4.90 Å². The molecule has 0 radical (unpaired) electrons. The van der Waals surface area contributed by atoms with E-state index in [9.17, 15) is 9.90 Å². The average Bonchev–Trinajstić information content (AvgIpc) is 2.74. The second kappa shape index (κ2) is 9.23. The standard InChI is InChI=1S/C26H31N3O2/c1-27(2)20-11-7-18(8-12-20)25(19-9-13-21(14-10-19)28(3)4)23-16-15-22(29(5)6)17-24(23)26(30)31/h7-17,20H,1-6H3,(H,30,31). The summed E-state index contributed by atoms with van der Waals surface area (Å²) >= 11 is 0. The lowest BCUT2D eigenvalue weighted by molar-refractivity contribution is 0.0696. The molecule has 2 aromatic rings. The van der Waals surface area contributed by atoms with Gasteiger partial charge in [-0.15, -0.1) is 0 Å². The lowest BCUT2D eigenvalue weighted by Gasteiger charge is -2.23. The second-order valence-electron chi connectivity index (χ2n) is 8.37. The summed E-state index contributed by atoms with van der Waals surface area (Å²) in [5.41, 5.74) is 5.85. The summed E-state index contributed by atoms with van der Waals surface area (Å²) in [6.45, 7) is 0. The molecule has 2 aromatic carbocycles. The summed E-state index contributed by atoms with van der Waals surface area (Å²) in [4.78, 5) is 18.3. The SMILES string of the molecule is CN(C)c1ccc(C(=C2C=CC(N(C)C)C=C2)c2ccc(N(C)C)cc2C(=O)O)cc1. The highest BCUT2D eigenvalue weighted by Gasteiger charge is 2.20. The third-order valence-electron chi connectivity index (χ3n) is 5.52. The number of allylic oxidation sites excluding steroid dienone is 3. The van der Waals surface area contributed by atoms with Gasteiger partial charge in [0.05, 0.1) is 5.56 Å². The van der Waals surface area contributed by atoms with E-state index in [1.807, 2.05) is 64.2 Å². The summed E-state index contributed by atoms with van der Waals surface area (Å²) in [7, 11) is 11.9. The predicted molar refractivity (Wildman–Crippen MR) is 130 cm³/mol. The molecule has 1 aliphatic carbocycles. The zero-order valence-electron chi connectivity index (χ0n) is 19.1. The molecule has 0 aromatic heterocycles. The molecule has 5 heteroatoms. The van der Waals surface area contributed by atoms with Gasteiger partial charge in [0.1, 0.15) is 0 Å². The molecule has 5 nitrogen and oxygen atoms in total. The average molecular weight is 418 g/mol. The number of carboxylic acid groups (broad SMARTS) is 1. The Kier molecular flexibility index (Phi) is 6.66. The lowest BCUT2D eigenvalue weighted by atomic mass is 9.87. The van der Waals surface area contributed by atoms with Gasteiger partial charge in [-0.1, -0.05) is 42.5 Å². The third-order valence-corrected chi connectivity index (χ3v) is 5.52. The predicted octanol–water partition coefficient (Wildman–Crippen LogP) is 4.37. The van der Waals surface area contributed by atoms with E-state index >= 15 is 0 Å². The zero-order valence-corrected chi connectivity index (χ0v) is 19.1. The van der Waals surface area contributed by atoms with Gasteiger partial charge in [0, 0.05) is 45.6 Å². The van der Waals surface area contributed by atoms with Crippen molar-refractivity contribution in [2.75, 3.05) is 52.1 Å². The molecule has 0 fully saturated rings. The Hall–Kier alpha value is -3.31. The summed E-state index contributed by atoms with van der Waals surface area (Å²) in [6, 6.07) is 14.1. The van der Waals surface area contributed by atoms with E-state index < -0.39 is 5.97 Å². The van der Waals surface area contributed by atoms with E-state index in [0.29, 0.717) is 11.1 Å². The fourth-order valence-corrected chi connectivity index (χ4v) is 3.64. The molecule has 0 amide bonds. The molecule has 31 heavy (non-hydrogen) atoms. The summed E-state index contributed by atoms with van der Waals surface area (Å²) in [5.74, 6) is -0.934. The highest BCUT2D eigenvalue weighted by molar-refractivity contribution is 5.99. The molecule has 0 spiro atoms. The van der Waals surface area contributed by atoms with Crippen LogP contribution in [0.25, 0.3) is 5.57 Å². The van der Waals surface area contributed by atoms with E-state index in [2.05, 4.69) is 53.5 Å². The smallest absolute Gasteiger partial charge is 0.336 e. The van der Waals surface area contributed by atoms with E-state index in [1.54, 1.807) is 6.07 Å². The normalized spacial score (nSPS) is 15.3. The molecule has 0 unspecified atom stereocenters. The zero-order chi connectivity index (χ0) is 22.7. The number of rotatable bonds is 6. The van der Waals surface area contributed by atoms with E-state index in [0.717, 1.165) is 28.1 Å². The highest BCUT2D eigenvalue weighted by Crippen LogP contribution is 2.34. The van der Waals surface area contributed by atoms with E-state index in [-0.39, 0.29) is 6.04 Å². The van der Waals surface area contributed by atoms with Crippen molar-refractivity contribution in [3.05, 3.63) is 89.0 Å². The number of nitrogens with zero attached hydrogens (tertiary/aromatic N) is 3. The minimum Gasteiger partial charge on any atom is -0.478 e. The minimum absolute atomic E-state index is 0.219. The van der Waals surface area contributed by atoms with Gasteiger partial charge >= 0.3 is 5.97 Å². The van der Waals surface area contributed by atoms with Crippen molar-refractivity contribution in [1.82, 2.24) is 4.90 Å². The van der Waals surface area contributed by atoms with Crippen LogP contribution in [0.2, 0.25) is 0 Å². The highest BCUT2D eigenvalue weighted by atomic mass is 16.4. The number of likely N-dealkylation sites (N-methyl/N-ethyl adjacent to an activating group) is 1. The van der Waals surface area contributed by atoms with Crippen LogP contribution in [0, 0.1) is 0 Å². The Bertz CT molecular complexity index is 1030. The fraction of sp³-hybridized carbons (Fsp3) is 0.269. The number of anilines is 2. The Morgan fingerprint density at radius 2 is 1.32 bits per heavy atom. The first kappa shape index (κ1) is 22.4. The number of carbonyl (C=O) groups is 1. The van der Waals surface area contributed by atoms with Crippen LogP contribution in [0.1, 0.15) is 21.5 Å². The monoisotopic (exact) mass is 417 g/mol. The van der Waals surface area contributed by atoms with Crippen LogP contribution >= 0.6 is 0 Å². The molecule has 0 saturated heterocycles. The van der Waals surface area contributed by atoms with Crippen LogP contribution in [0.3, 0.4) is 0 Å². The maximum atomic E-state index is 12.2. The molecule has 1 aliphatic rings. The molecule has 0 bridgehead atoms. The molecular weight excluding hydrogens is 386 g/mol. The summed E-state index contributed by atoms with van der Waals surface area (Å²) < 4.78 is 0. The molecule has 0 aliphatic heterocycles. The third kappa shape index (κ3) is 4.89. The molecule has 0 heterocycles.